The highest BCUT2D eigenvalue weighted by molar-refractivity contribution is 7.14. The maximum absolute atomic E-state index is 12.2. The van der Waals surface area contributed by atoms with Crippen molar-refractivity contribution in [2.75, 3.05) is 13.2 Å². The van der Waals surface area contributed by atoms with Gasteiger partial charge in [0.25, 0.3) is 5.91 Å². The van der Waals surface area contributed by atoms with Crippen LogP contribution < -0.4 is 5.32 Å². The lowest BCUT2D eigenvalue weighted by molar-refractivity contribution is 0.0941. The molecule has 1 aromatic heterocycles. The van der Waals surface area contributed by atoms with Crippen molar-refractivity contribution in [3.05, 3.63) is 21.4 Å². The number of carbonyl (C=O) groups excluding carboxylic acids is 1. The topological polar surface area (TPSA) is 49.3 Å². The van der Waals surface area contributed by atoms with Crippen molar-refractivity contribution in [1.82, 2.24) is 5.32 Å². The van der Waals surface area contributed by atoms with Gasteiger partial charge in [0.2, 0.25) is 0 Å². The lowest BCUT2D eigenvalue weighted by atomic mass is 9.97. The Balaban J connectivity index is 1.90. The van der Waals surface area contributed by atoms with Crippen molar-refractivity contribution in [3.8, 4) is 0 Å². The van der Waals surface area contributed by atoms with E-state index >= 15 is 0 Å². The van der Waals surface area contributed by atoms with E-state index in [0.29, 0.717) is 18.4 Å². The van der Waals surface area contributed by atoms with Gasteiger partial charge in [-0.25, -0.2) is 0 Å². The molecule has 0 saturated heterocycles. The molecule has 2 N–H and O–H groups in total. The number of thiophene rings is 1. The van der Waals surface area contributed by atoms with E-state index in [4.69, 9.17) is 0 Å². The molecule has 3 nitrogen and oxygen atoms in total. The SMILES string of the molecule is CCCc1cc(C(=O)NCC2CCCC2CO)sc1C. The molecule has 2 rings (SSSR count). The molecule has 0 bridgehead atoms. The molecule has 0 aliphatic heterocycles. The summed E-state index contributed by atoms with van der Waals surface area (Å²) in [5.74, 6) is 0.861. The molecule has 0 spiro atoms. The first kappa shape index (κ1) is 15.5. The Morgan fingerprint density at radius 2 is 2.20 bits per heavy atom. The van der Waals surface area contributed by atoms with E-state index in [1.807, 2.05) is 6.07 Å². The van der Waals surface area contributed by atoms with Crippen LogP contribution in [0.1, 0.15) is 52.7 Å². The third kappa shape index (κ3) is 3.61. The predicted octanol–water partition coefficient (Wildman–Crippen LogP) is 3.15. The normalized spacial score (nSPS) is 22.1. The van der Waals surface area contributed by atoms with Gasteiger partial charge in [0.05, 0.1) is 4.88 Å². The second kappa shape index (κ2) is 7.23. The van der Waals surface area contributed by atoms with Crippen molar-refractivity contribution < 1.29 is 9.90 Å². The molecule has 2 unspecified atom stereocenters. The van der Waals surface area contributed by atoms with Gasteiger partial charge in [-0.1, -0.05) is 19.8 Å². The van der Waals surface area contributed by atoms with Crippen molar-refractivity contribution in [2.45, 2.75) is 46.0 Å². The van der Waals surface area contributed by atoms with E-state index in [9.17, 15) is 9.90 Å². The number of hydrogen-bond donors (Lipinski definition) is 2. The minimum absolute atomic E-state index is 0.0454. The highest BCUT2D eigenvalue weighted by Gasteiger charge is 2.27. The van der Waals surface area contributed by atoms with Crippen LogP contribution >= 0.6 is 11.3 Å². The van der Waals surface area contributed by atoms with Gasteiger partial charge in [0.15, 0.2) is 0 Å². The van der Waals surface area contributed by atoms with Gasteiger partial charge in [0.1, 0.15) is 0 Å². The molecule has 1 aromatic rings. The molecule has 2 atom stereocenters. The van der Waals surface area contributed by atoms with E-state index in [2.05, 4.69) is 19.2 Å². The van der Waals surface area contributed by atoms with Crippen molar-refractivity contribution in [2.24, 2.45) is 11.8 Å². The van der Waals surface area contributed by atoms with Gasteiger partial charge in [-0.2, -0.15) is 0 Å². The number of aliphatic hydroxyl groups excluding tert-OH is 1. The zero-order chi connectivity index (χ0) is 14.5. The third-order valence-electron chi connectivity index (χ3n) is 4.34. The molecule has 0 radical (unpaired) electrons. The number of aryl methyl sites for hydroxylation is 2. The minimum atomic E-state index is 0.0454. The van der Waals surface area contributed by atoms with Gasteiger partial charge in [0, 0.05) is 18.0 Å². The maximum Gasteiger partial charge on any atom is 0.261 e. The fourth-order valence-corrected chi connectivity index (χ4v) is 4.07. The lowest BCUT2D eigenvalue weighted by Gasteiger charge is -2.17. The molecule has 1 heterocycles. The van der Waals surface area contributed by atoms with Crippen molar-refractivity contribution in [1.29, 1.82) is 0 Å². The summed E-state index contributed by atoms with van der Waals surface area (Å²) in [6.45, 7) is 5.20. The Kier molecular flexibility index (Phi) is 5.61. The summed E-state index contributed by atoms with van der Waals surface area (Å²) in [5, 5.41) is 12.4. The summed E-state index contributed by atoms with van der Waals surface area (Å²) in [5.41, 5.74) is 1.30. The van der Waals surface area contributed by atoms with Gasteiger partial charge < -0.3 is 10.4 Å². The quantitative estimate of drug-likeness (QED) is 0.847. The molecule has 20 heavy (non-hydrogen) atoms. The number of aliphatic hydroxyl groups is 1. The summed E-state index contributed by atoms with van der Waals surface area (Å²) >= 11 is 1.59. The smallest absolute Gasteiger partial charge is 0.261 e. The molecule has 1 saturated carbocycles. The Labute approximate surface area is 125 Å². The van der Waals surface area contributed by atoms with Crippen LogP contribution in [0.3, 0.4) is 0 Å². The van der Waals surface area contributed by atoms with Gasteiger partial charge >= 0.3 is 0 Å². The molecule has 1 aliphatic rings. The first-order valence-electron chi connectivity index (χ1n) is 7.64. The van der Waals surface area contributed by atoms with Crippen LogP contribution in [-0.4, -0.2) is 24.2 Å². The molecular weight excluding hydrogens is 270 g/mol. The van der Waals surface area contributed by atoms with Crippen LogP contribution in [0.25, 0.3) is 0 Å². The zero-order valence-electron chi connectivity index (χ0n) is 12.4. The fraction of sp³-hybridized carbons (Fsp3) is 0.688. The summed E-state index contributed by atoms with van der Waals surface area (Å²) < 4.78 is 0. The van der Waals surface area contributed by atoms with Crippen molar-refractivity contribution >= 4 is 17.2 Å². The Morgan fingerprint density at radius 1 is 1.45 bits per heavy atom. The van der Waals surface area contributed by atoms with Gasteiger partial charge in [-0.05, 0) is 49.7 Å². The van der Waals surface area contributed by atoms with Crippen LogP contribution in [0.15, 0.2) is 6.07 Å². The number of amides is 1. The Hall–Kier alpha value is -0.870. The van der Waals surface area contributed by atoms with Crippen LogP contribution in [0.4, 0.5) is 0 Å². The average molecular weight is 295 g/mol. The van der Waals surface area contributed by atoms with Gasteiger partial charge in [-0.3, -0.25) is 4.79 Å². The predicted molar refractivity (Wildman–Crippen MR) is 83.3 cm³/mol. The van der Waals surface area contributed by atoms with E-state index in [1.165, 1.54) is 16.9 Å². The number of nitrogens with one attached hydrogen (secondary N) is 1. The second-order valence-electron chi connectivity index (χ2n) is 5.79. The fourth-order valence-electron chi connectivity index (χ4n) is 3.08. The van der Waals surface area contributed by atoms with Crippen LogP contribution in [0, 0.1) is 18.8 Å². The van der Waals surface area contributed by atoms with E-state index in [1.54, 1.807) is 11.3 Å². The average Bonchev–Trinajstić information content (AvgIpc) is 3.03. The summed E-state index contributed by atoms with van der Waals surface area (Å²) in [4.78, 5) is 14.3. The van der Waals surface area contributed by atoms with Crippen molar-refractivity contribution in [3.63, 3.8) is 0 Å². The molecular formula is C16H25NO2S. The van der Waals surface area contributed by atoms with E-state index in [0.717, 1.165) is 30.6 Å². The first-order valence-corrected chi connectivity index (χ1v) is 8.45. The summed E-state index contributed by atoms with van der Waals surface area (Å²) in [6.07, 6.45) is 5.54. The standard InChI is InChI=1S/C16H25NO2S/c1-3-5-12-8-15(20-11(12)2)16(19)17-9-13-6-4-7-14(13)10-18/h8,13-14,18H,3-7,9-10H2,1-2H3,(H,17,19). The monoisotopic (exact) mass is 295 g/mol. The van der Waals surface area contributed by atoms with E-state index in [-0.39, 0.29) is 12.5 Å². The lowest BCUT2D eigenvalue weighted by Crippen LogP contribution is -2.31. The van der Waals surface area contributed by atoms with Crippen LogP contribution in [0.5, 0.6) is 0 Å². The number of carbonyl (C=O) groups is 1. The highest BCUT2D eigenvalue weighted by Crippen LogP contribution is 2.31. The third-order valence-corrected chi connectivity index (χ3v) is 5.43. The first-order chi connectivity index (χ1) is 9.65. The van der Waals surface area contributed by atoms with Crippen LogP contribution in [0.2, 0.25) is 0 Å². The molecule has 1 fully saturated rings. The molecule has 1 aliphatic carbocycles. The number of rotatable bonds is 6. The summed E-state index contributed by atoms with van der Waals surface area (Å²) in [6, 6.07) is 2.04. The minimum Gasteiger partial charge on any atom is -0.396 e. The maximum atomic E-state index is 12.2. The zero-order valence-corrected chi connectivity index (χ0v) is 13.3. The molecule has 0 aromatic carbocycles. The highest BCUT2D eigenvalue weighted by atomic mass is 32.1. The molecule has 4 heteroatoms. The second-order valence-corrected chi connectivity index (χ2v) is 7.04. The summed E-state index contributed by atoms with van der Waals surface area (Å²) in [7, 11) is 0. The van der Waals surface area contributed by atoms with Crippen LogP contribution in [-0.2, 0) is 6.42 Å². The number of hydrogen-bond acceptors (Lipinski definition) is 3. The Bertz CT molecular complexity index is 455. The molecule has 112 valence electrons. The Morgan fingerprint density at radius 3 is 2.90 bits per heavy atom. The van der Waals surface area contributed by atoms with E-state index < -0.39 is 0 Å². The largest absolute Gasteiger partial charge is 0.396 e. The molecule has 1 amide bonds. The van der Waals surface area contributed by atoms with Gasteiger partial charge in [-0.15, -0.1) is 11.3 Å².